The molecule has 6 heteroatoms. The predicted octanol–water partition coefficient (Wildman–Crippen LogP) is 2.46. The number of H-pyrrole nitrogens is 1. The van der Waals surface area contributed by atoms with E-state index in [1.165, 1.54) is 11.8 Å². The van der Waals surface area contributed by atoms with Crippen LogP contribution < -0.4 is 5.56 Å². The van der Waals surface area contributed by atoms with Gasteiger partial charge in [0.25, 0.3) is 5.56 Å². The minimum absolute atomic E-state index is 0.105. The normalized spacial score (nSPS) is 10.6. The van der Waals surface area contributed by atoms with Crippen molar-refractivity contribution in [2.24, 2.45) is 0 Å². The van der Waals surface area contributed by atoms with E-state index in [0.717, 1.165) is 37.1 Å². The van der Waals surface area contributed by atoms with E-state index in [1.807, 2.05) is 0 Å². The summed E-state index contributed by atoms with van der Waals surface area (Å²) < 4.78 is 0. The Balaban J connectivity index is 2.32. The number of hydrogen-bond donors (Lipinski definition) is 2. The summed E-state index contributed by atoms with van der Waals surface area (Å²) in [4.78, 5) is 28.9. The largest absolute Gasteiger partial charge is 0.481 e. The summed E-state index contributed by atoms with van der Waals surface area (Å²) in [5.41, 5.74) is 0.728. The number of nitrogens with one attached hydrogen (secondary N) is 1. The molecule has 1 aromatic heterocycles. The molecule has 0 saturated heterocycles. The second kappa shape index (κ2) is 8.74. The van der Waals surface area contributed by atoms with Crippen LogP contribution in [0.25, 0.3) is 0 Å². The number of aromatic amines is 1. The zero-order chi connectivity index (χ0) is 14.1. The maximum Gasteiger partial charge on any atom is 0.303 e. The van der Waals surface area contributed by atoms with Crippen molar-refractivity contribution in [1.82, 2.24) is 9.97 Å². The van der Waals surface area contributed by atoms with Crippen LogP contribution in [0.5, 0.6) is 0 Å². The average Bonchev–Trinajstić information content (AvgIpc) is 2.33. The fraction of sp³-hybridized carbons (Fsp3) is 0.615. The SMILES string of the molecule is CCCc1cc(=O)[nH]c(SCCCCCC(=O)O)n1. The monoisotopic (exact) mass is 284 g/mol. The first-order valence-corrected chi connectivity index (χ1v) is 7.55. The van der Waals surface area contributed by atoms with Crippen molar-refractivity contribution in [3.05, 3.63) is 22.1 Å². The Morgan fingerprint density at radius 3 is 2.89 bits per heavy atom. The Hall–Kier alpha value is -1.30. The first-order valence-electron chi connectivity index (χ1n) is 6.56. The lowest BCUT2D eigenvalue weighted by atomic mass is 10.2. The quantitative estimate of drug-likeness (QED) is 0.413. The van der Waals surface area contributed by atoms with Gasteiger partial charge in [-0.1, -0.05) is 31.5 Å². The third-order valence-electron chi connectivity index (χ3n) is 2.55. The first-order chi connectivity index (χ1) is 9.11. The van der Waals surface area contributed by atoms with Gasteiger partial charge >= 0.3 is 5.97 Å². The van der Waals surface area contributed by atoms with Gasteiger partial charge in [0.15, 0.2) is 5.16 Å². The van der Waals surface area contributed by atoms with Crippen LogP contribution in [0.3, 0.4) is 0 Å². The lowest BCUT2D eigenvalue weighted by Crippen LogP contribution is -2.10. The van der Waals surface area contributed by atoms with E-state index in [9.17, 15) is 9.59 Å². The standard InChI is InChI=1S/C13H20N2O3S/c1-2-6-10-9-11(16)15-13(14-10)19-8-5-3-4-7-12(17)18/h9H,2-8H2,1H3,(H,17,18)(H,14,15,16). The minimum atomic E-state index is -0.745. The van der Waals surface area contributed by atoms with E-state index < -0.39 is 5.97 Å². The minimum Gasteiger partial charge on any atom is -0.481 e. The molecule has 1 heterocycles. The van der Waals surface area contributed by atoms with Crippen LogP contribution in [-0.4, -0.2) is 26.8 Å². The molecule has 0 unspecified atom stereocenters. The highest BCUT2D eigenvalue weighted by Gasteiger charge is 2.02. The molecule has 0 amide bonds. The fourth-order valence-electron chi connectivity index (χ4n) is 1.66. The van der Waals surface area contributed by atoms with Gasteiger partial charge in [0.1, 0.15) is 0 Å². The number of carbonyl (C=O) groups is 1. The van der Waals surface area contributed by atoms with E-state index >= 15 is 0 Å². The third-order valence-corrected chi connectivity index (χ3v) is 3.51. The molecule has 0 fully saturated rings. The van der Waals surface area contributed by atoms with Gasteiger partial charge in [0, 0.05) is 23.9 Å². The molecule has 106 valence electrons. The smallest absolute Gasteiger partial charge is 0.303 e. The number of rotatable bonds is 9. The van der Waals surface area contributed by atoms with E-state index in [-0.39, 0.29) is 12.0 Å². The highest BCUT2D eigenvalue weighted by atomic mass is 32.2. The van der Waals surface area contributed by atoms with Crippen LogP contribution in [0.1, 0.15) is 44.7 Å². The molecule has 0 aliphatic carbocycles. The summed E-state index contributed by atoms with van der Waals surface area (Å²) >= 11 is 1.52. The second-order valence-corrected chi connectivity index (χ2v) is 5.43. The zero-order valence-corrected chi connectivity index (χ0v) is 12.0. The third kappa shape index (κ3) is 7.00. The molecular formula is C13H20N2O3S. The van der Waals surface area contributed by atoms with Crippen LogP contribution in [-0.2, 0) is 11.2 Å². The average molecular weight is 284 g/mol. The Morgan fingerprint density at radius 2 is 2.21 bits per heavy atom. The van der Waals surface area contributed by atoms with E-state index in [4.69, 9.17) is 5.11 Å². The van der Waals surface area contributed by atoms with Crippen molar-refractivity contribution in [3.8, 4) is 0 Å². The number of aryl methyl sites for hydroxylation is 1. The maximum absolute atomic E-state index is 11.4. The number of carboxylic acids is 1. The zero-order valence-electron chi connectivity index (χ0n) is 11.1. The summed E-state index contributed by atoms with van der Waals surface area (Å²) in [5.74, 6) is 0.101. The van der Waals surface area contributed by atoms with E-state index in [2.05, 4.69) is 16.9 Å². The van der Waals surface area contributed by atoms with Crippen LogP contribution in [0.15, 0.2) is 16.0 Å². The topological polar surface area (TPSA) is 83.0 Å². The molecule has 19 heavy (non-hydrogen) atoms. The summed E-state index contributed by atoms with van der Waals surface area (Å²) in [7, 11) is 0. The van der Waals surface area contributed by atoms with Gasteiger partial charge in [0.05, 0.1) is 0 Å². The highest BCUT2D eigenvalue weighted by molar-refractivity contribution is 7.99. The lowest BCUT2D eigenvalue weighted by Gasteiger charge is -2.03. The van der Waals surface area contributed by atoms with Crippen molar-refractivity contribution in [3.63, 3.8) is 0 Å². The summed E-state index contributed by atoms with van der Waals surface area (Å²) in [5, 5.41) is 9.17. The highest BCUT2D eigenvalue weighted by Crippen LogP contribution is 2.15. The first kappa shape index (κ1) is 15.8. The Morgan fingerprint density at radius 1 is 1.42 bits per heavy atom. The fourth-order valence-corrected chi connectivity index (χ4v) is 2.56. The number of thioether (sulfide) groups is 1. The van der Waals surface area contributed by atoms with E-state index in [0.29, 0.717) is 11.6 Å². The number of aromatic nitrogens is 2. The van der Waals surface area contributed by atoms with Gasteiger partial charge in [-0.25, -0.2) is 4.98 Å². The van der Waals surface area contributed by atoms with Crippen molar-refractivity contribution in [1.29, 1.82) is 0 Å². The molecule has 0 aliphatic rings. The number of aliphatic carboxylic acids is 1. The van der Waals surface area contributed by atoms with Gasteiger partial charge in [-0.15, -0.1) is 0 Å². The van der Waals surface area contributed by atoms with E-state index in [1.54, 1.807) is 6.07 Å². The molecule has 0 radical (unpaired) electrons. The number of unbranched alkanes of at least 4 members (excludes halogenated alkanes) is 2. The molecule has 0 saturated carbocycles. The predicted molar refractivity (Wildman–Crippen MR) is 75.7 cm³/mol. The number of carboxylic acid groups (broad SMARTS) is 1. The van der Waals surface area contributed by atoms with Gasteiger partial charge in [0.2, 0.25) is 0 Å². The van der Waals surface area contributed by atoms with Crippen LogP contribution in [0.2, 0.25) is 0 Å². The van der Waals surface area contributed by atoms with Crippen LogP contribution in [0, 0.1) is 0 Å². The molecule has 1 aromatic rings. The van der Waals surface area contributed by atoms with Gasteiger partial charge < -0.3 is 10.1 Å². The van der Waals surface area contributed by atoms with Crippen LogP contribution in [0.4, 0.5) is 0 Å². The molecule has 0 aliphatic heterocycles. The summed E-state index contributed by atoms with van der Waals surface area (Å²) in [6.45, 7) is 2.05. The molecule has 5 nitrogen and oxygen atoms in total. The molecule has 1 rings (SSSR count). The summed E-state index contributed by atoms with van der Waals surface area (Å²) in [6, 6.07) is 1.54. The second-order valence-electron chi connectivity index (χ2n) is 4.34. The Kier molecular flexibility index (Phi) is 7.25. The molecule has 0 bridgehead atoms. The molecule has 0 atom stereocenters. The van der Waals surface area contributed by atoms with Gasteiger partial charge in [-0.05, 0) is 19.3 Å². The van der Waals surface area contributed by atoms with Crippen molar-refractivity contribution < 1.29 is 9.90 Å². The van der Waals surface area contributed by atoms with Crippen molar-refractivity contribution >= 4 is 17.7 Å². The molecule has 0 spiro atoms. The number of nitrogens with zero attached hydrogens (tertiary/aromatic N) is 1. The molecular weight excluding hydrogens is 264 g/mol. The van der Waals surface area contributed by atoms with Crippen molar-refractivity contribution in [2.75, 3.05) is 5.75 Å². The number of hydrogen-bond acceptors (Lipinski definition) is 4. The lowest BCUT2D eigenvalue weighted by molar-refractivity contribution is -0.137. The Bertz CT molecular complexity index is 459. The molecule has 2 N–H and O–H groups in total. The summed E-state index contributed by atoms with van der Waals surface area (Å²) in [6.07, 6.45) is 4.53. The Labute approximate surface area is 116 Å². The maximum atomic E-state index is 11.4. The van der Waals surface area contributed by atoms with Gasteiger partial charge in [-0.3, -0.25) is 9.59 Å². The van der Waals surface area contributed by atoms with Gasteiger partial charge in [-0.2, -0.15) is 0 Å². The van der Waals surface area contributed by atoms with Crippen LogP contribution >= 0.6 is 11.8 Å². The van der Waals surface area contributed by atoms with Crippen molar-refractivity contribution in [2.45, 2.75) is 50.6 Å². The molecule has 0 aromatic carbocycles.